The predicted molar refractivity (Wildman–Crippen MR) is 77.5 cm³/mol. The van der Waals surface area contributed by atoms with Crippen LogP contribution in [0.3, 0.4) is 0 Å². The molecule has 0 aliphatic carbocycles. The molecular formula is C14H21BrN2O. The van der Waals surface area contributed by atoms with E-state index in [1.165, 1.54) is 11.1 Å². The molecule has 0 spiro atoms. The molecule has 0 unspecified atom stereocenters. The third-order valence-electron chi connectivity index (χ3n) is 3.61. The maximum Gasteiger partial charge on any atom is 0.0569 e. The lowest BCUT2D eigenvalue weighted by molar-refractivity contribution is -0.118. The van der Waals surface area contributed by atoms with Gasteiger partial charge in [0.25, 0.3) is 0 Å². The number of hydrogen-bond donors (Lipinski definition) is 1. The SMILES string of the molecule is Cc1ccc(Br)cc1CN(C)CC1(CN)COC1. The maximum atomic E-state index is 5.85. The lowest BCUT2D eigenvalue weighted by Crippen LogP contribution is -2.54. The van der Waals surface area contributed by atoms with Gasteiger partial charge in [0.05, 0.1) is 13.2 Å². The molecule has 0 bridgehead atoms. The van der Waals surface area contributed by atoms with Gasteiger partial charge >= 0.3 is 0 Å². The number of nitrogens with two attached hydrogens (primary N) is 1. The first kappa shape index (κ1) is 14.0. The van der Waals surface area contributed by atoms with Crippen molar-refractivity contribution in [1.29, 1.82) is 0 Å². The van der Waals surface area contributed by atoms with E-state index in [0.29, 0.717) is 6.54 Å². The standard InChI is InChI=1S/C14H21BrN2O/c1-11-3-4-13(15)5-12(11)6-17(2)8-14(7-16)9-18-10-14/h3-5H,6-10,16H2,1-2H3. The van der Waals surface area contributed by atoms with Gasteiger partial charge in [0.15, 0.2) is 0 Å². The third kappa shape index (κ3) is 3.12. The highest BCUT2D eigenvalue weighted by Crippen LogP contribution is 2.27. The zero-order valence-electron chi connectivity index (χ0n) is 11.1. The van der Waals surface area contributed by atoms with E-state index in [-0.39, 0.29) is 5.41 Å². The summed E-state index contributed by atoms with van der Waals surface area (Å²) < 4.78 is 6.45. The summed E-state index contributed by atoms with van der Waals surface area (Å²) in [7, 11) is 2.15. The molecule has 1 aliphatic rings. The molecule has 1 fully saturated rings. The van der Waals surface area contributed by atoms with Gasteiger partial charge in [0.1, 0.15) is 0 Å². The summed E-state index contributed by atoms with van der Waals surface area (Å²) in [6.07, 6.45) is 0. The number of aryl methyl sites for hydroxylation is 1. The van der Waals surface area contributed by atoms with Crippen molar-refractivity contribution in [1.82, 2.24) is 4.90 Å². The summed E-state index contributed by atoms with van der Waals surface area (Å²) in [5.74, 6) is 0. The zero-order chi connectivity index (χ0) is 13.2. The van der Waals surface area contributed by atoms with Gasteiger partial charge in [-0.05, 0) is 37.2 Å². The predicted octanol–water partition coefficient (Wildman–Crippen LogP) is 2.16. The quantitative estimate of drug-likeness (QED) is 0.905. The van der Waals surface area contributed by atoms with Crippen LogP contribution in [0.4, 0.5) is 0 Å². The molecule has 2 N–H and O–H groups in total. The van der Waals surface area contributed by atoms with Crippen molar-refractivity contribution in [2.45, 2.75) is 13.5 Å². The van der Waals surface area contributed by atoms with Crippen LogP contribution in [0.25, 0.3) is 0 Å². The molecule has 100 valence electrons. The van der Waals surface area contributed by atoms with E-state index in [1.54, 1.807) is 0 Å². The molecule has 1 aliphatic heterocycles. The molecule has 18 heavy (non-hydrogen) atoms. The van der Waals surface area contributed by atoms with Crippen molar-refractivity contribution in [2.24, 2.45) is 11.1 Å². The van der Waals surface area contributed by atoms with Gasteiger partial charge in [-0.1, -0.05) is 22.0 Å². The molecule has 0 amide bonds. The first-order chi connectivity index (χ1) is 8.54. The van der Waals surface area contributed by atoms with Gasteiger partial charge < -0.3 is 15.4 Å². The van der Waals surface area contributed by atoms with Gasteiger partial charge in [-0.3, -0.25) is 0 Å². The summed E-state index contributed by atoms with van der Waals surface area (Å²) in [6.45, 7) is 6.40. The number of hydrogen-bond acceptors (Lipinski definition) is 3. The fourth-order valence-corrected chi connectivity index (χ4v) is 2.80. The zero-order valence-corrected chi connectivity index (χ0v) is 12.7. The van der Waals surface area contributed by atoms with Crippen LogP contribution in [0, 0.1) is 12.3 Å². The highest BCUT2D eigenvalue weighted by Gasteiger charge is 2.38. The van der Waals surface area contributed by atoms with Crippen molar-refractivity contribution in [3.63, 3.8) is 0 Å². The summed E-state index contributed by atoms with van der Waals surface area (Å²) in [5.41, 5.74) is 8.72. The van der Waals surface area contributed by atoms with E-state index < -0.39 is 0 Å². The fraction of sp³-hybridized carbons (Fsp3) is 0.571. The highest BCUT2D eigenvalue weighted by atomic mass is 79.9. The number of halogens is 1. The molecule has 4 heteroatoms. The molecule has 0 atom stereocenters. The van der Waals surface area contributed by atoms with Crippen molar-refractivity contribution < 1.29 is 4.74 Å². The minimum Gasteiger partial charge on any atom is -0.380 e. The van der Waals surface area contributed by atoms with E-state index in [9.17, 15) is 0 Å². The Balaban J connectivity index is 1.98. The molecule has 3 nitrogen and oxygen atoms in total. The first-order valence-electron chi connectivity index (χ1n) is 6.26. The largest absolute Gasteiger partial charge is 0.380 e. The lowest BCUT2D eigenvalue weighted by atomic mass is 9.85. The van der Waals surface area contributed by atoms with Gasteiger partial charge in [-0.25, -0.2) is 0 Å². The van der Waals surface area contributed by atoms with E-state index in [1.807, 2.05) is 0 Å². The van der Waals surface area contributed by atoms with Gasteiger partial charge in [-0.2, -0.15) is 0 Å². The average Bonchev–Trinajstić information content (AvgIpc) is 2.28. The molecule has 0 aromatic heterocycles. The topological polar surface area (TPSA) is 38.5 Å². The molecule has 0 saturated carbocycles. The van der Waals surface area contributed by atoms with Crippen molar-refractivity contribution in [2.75, 3.05) is 33.4 Å². The average molecular weight is 313 g/mol. The highest BCUT2D eigenvalue weighted by molar-refractivity contribution is 9.10. The molecule has 1 aromatic rings. The Morgan fingerprint density at radius 2 is 2.17 bits per heavy atom. The Kier molecular flexibility index (Phi) is 4.43. The minimum atomic E-state index is 0.175. The molecule has 1 saturated heterocycles. The number of rotatable bonds is 5. The van der Waals surface area contributed by atoms with Crippen LogP contribution < -0.4 is 5.73 Å². The molecule has 2 rings (SSSR count). The summed E-state index contributed by atoms with van der Waals surface area (Å²) in [4.78, 5) is 2.34. The van der Waals surface area contributed by atoms with E-state index in [4.69, 9.17) is 10.5 Å². The van der Waals surface area contributed by atoms with Crippen LogP contribution in [-0.4, -0.2) is 38.3 Å². The van der Waals surface area contributed by atoms with Crippen LogP contribution in [0.5, 0.6) is 0 Å². The Morgan fingerprint density at radius 1 is 1.44 bits per heavy atom. The molecular weight excluding hydrogens is 292 g/mol. The monoisotopic (exact) mass is 312 g/mol. The van der Waals surface area contributed by atoms with Crippen LogP contribution in [0.15, 0.2) is 22.7 Å². The van der Waals surface area contributed by atoms with Gasteiger partial charge in [0.2, 0.25) is 0 Å². The second-order valence-corrected chi connectivity index (χ2v) is 6.36. The first-order valence-corrected chi connectivity index (χ1v) is 7.05. The third-order valence-corrected chi connectivity index (χ3v) is 4.10. The normalized spacial score (nSPS) is 17.8. The maximum absolute atomic E-state index is 5.85. The van der Waals surface area contributed by atoms with Gasteiger partial charge in [-0.15, -0.1) is 0 Å². The summed E-state index contributed by atoms with van der Waals surface area (Å²) in [5, 5.41) is 0. The number of ether oxygens (including phenoxy) is 1. The molecule has 0 radical (unpaired) electrons. The van der Waals surface area contributed by atoms with E-state index >= 15 is 0 Å². The number of benzene rings is 1. The Hall–Kier alpha value is -0.420. The molecule has 1 aromatic carbocycles. The smallest absolute Gasteiger partial charge is 0.0569 e. The summed E-state index contributed by atoms with van der Waals surface area (Å²) >= 11 is 3.53. The minimum absolute atomic E-state index is 0.175. The van der Waals surface area contributed by atoms with Crippen LogP contribution in [-0.2, 0) is 11.3 Å². The second kappa shape index (κ2) is 5.70. The molecule has 1 heterocycles. The van der Waals surface area contributed by atoms with Crippen LogP contribution >= 0.6 is 15.9 Å². The van der Waals surface area contributed by atoms with E-state index in [0.717, 1.165) is 30.8 Å². The second-order valence-electron chi connectivity index (χ2n) is 5.44. The van der Waals surface area contributed by atoms with Crippen molar-refractivity contribution in [3.8, 4) is 0 Å². The van der Waals surface area contributed by atoms with Crippen molar-refractivity contribution >= 4 is 15.9 Å². The fourth-order valence-electron chi connectivity index (χ4n) is 2.39. The lowest BCUT2D eigenvalue weighted by Gasteiger charge is -2.43. The van der Waals surface area contributed by atoms with Crippen molar-refractivity contribution in [3.05, 3.63) is 33.8 Å². The Morgan fingerprint density at radius 3 is 2.72 bits per heavy atom. The van der Waals surface area contributed by atoms with Gasteiger partial charge in [0, 0.05) is 29.5 Å². The van der Waals surface area contributed by atoms with Crippen LogP contribution in [0.2, 0.25) is 0 Å². The Bertz CT molecular complexity index is 413. The Labute approximate surface area is 117 Å². The summed E-state index contributed by atoms with van der Waals surface area (Å²) in [6, 6.07) is 6.43. The van der Waals surface area contributed by atoms with E-state index in [2.05, 4.69) is 53.0 Å². The number of nitrogens with zero attached hydrogens (tertiary/aromatic N) is 1. The van der Waals surface area contributed by atoms with Crippen LogP contribution in [0.1, 0.15) is 11.1 Å².